The first-order valence-corrected chi connectivity index (χ1v) is 9.87. The molecule has 150 valence electrons. The number of likely N-dealkylation sites (N-methyl/N-ethyl adjacent to an activating group) is 1. The summed E-state index contributed by atoms with van der Waals surface area (Å²) in [6, 6.07) is 13.1. The molecule has 0 aromatic heterocycles. The summed E-state index contributed by atoms with van der Waals surface area (Å²) < 4.78 is 14.8. The summed E-state index contributed by atoms with van der Waals surface area (Å²) in [4.78, 5) is 18.6. The van der Waals surface area contributed by atoms with Crippen molar-refractivity contribution in [1.82, 2.24) is 4.90 Å². The van der Waals surface area contributed by atoms with Crippen molar-refractivity contribution in [2.75, 3.05) is 44.0 Å². The molecule has 0 spiro atoms. The third-order valence-corrected chi connectivity index (χ3v) is 5.68. The molecule has 1 atom stereocenters. The van der Waals surface area contributed by atoms with Crippen LogP contribution in [-0.2, 0) is 0 Å². The van der Waals surface area contributed by atoms with Crippen LogP contribution in [0.1, 0.15) is 42.1 Å². The average molecular weight is 384 g/mol. The monoisotopic (exact) mass is 383 g/mol. The van der Waals surface area contributed by atoms with E-state index in [-0.39, 0.29) is 11.7 Å². The lowest BCUT2D eigenvalue weighted by atomic mass is 10.0. The maximum absolute atomic E-state index is 14.8. The quantitative estimate of drug-likeness (QED) is 0.767. The van der Waals surface area contributed by atoms with Gasteiger partial charge in [-0.05, 0) is 62.3 Å². The van der Waals surface area contributed by atoms with Crippen LogP contribution in [-0.4, -0.2) is 51.1 Å². The number of hydrogen-bond donors (Lipinski definition) is 0. The molecule has 0 saturated carbocycles. The second kappa shape index (κ2) is 8.31. The molecule has 28 heavy (non-hydrogen) atoms. The van der Waals surface area contributed by atoms with Gasteiger partial charge in [-0.15, -0.1) is 0 Å². The molecule has 1 unspecified atom stereocenters. The Morgan fingerprint density at radius 3 is 2.32 bits per heavy atom. The molecule has 1 saturated heterocycles. The van der Waals surface area contributed by atoms with Gasteiger partial charge in [0.25, 0.3) is 5.91 Å². The van der Waals surface area contributed by atoms with Crippen molar-refractivity contribution >= 4 is 17.3 Å². The van der Waals surface area contributed by atoms with Crippen LogP contribution in [0.2, 0.25) is 0 Å². The topological polar surface area (TPSA) is 26.8 Å². The van der Waals surface area contributed by atoms with Gasteiger partial charge >= 0.3 is 0 Å². The normalized spacial score (nSPS) is 16.9. The summed E-state index contributed by atoms with van der Waals surface area (Å²) in [5.74, 6) is -0.00999. The van der Waals surface area contributed by atoms with E-state index < -0.39 is 0 Å². The Morgan fingerprint density at radius 2 is 1.79 bits per heavy atom. The standard InChI is InChI=1S/C23H30FN3O/c1-16(2)17-6-8-18(9-7-17)23(28)26(5)19-10-11-22(21(24)14-19)27-13-12-20(15-27)25(3)4/h6-11,14,16,20H,12-13,15H2,1-5H3. The zero-order chi connectivity index (χ0) is 20.4. The highest BCUT2D eigenvalue weighted by Crippen LogP contribution is 2.29. The van der Waals surface area contributed by atoms with Gasteiger partial charge in [-0.2, -0.15) is 0 Å². The fraction of sp³-hybridized carbons (Fsp3) is 0.435. The Hall–Kier alpha value is -2.40. The summed E-state index contributed by atoms with van der Waals surface area (Å²) in [6.07, 6.45) is 1.03. The molecular formula is C23H30FN3O. The van der Waals surface area contributed by atoms with Crippen LogP contribution in [0.15, 0.2) is 42.5 Å². The number of carbonyl (C=O) groups excluding carboxylic acids is 1. The van der Waals surface area contributed by atoms with Crippen LogP contribution in [0.3, 0.4) is 0 Å². The van der Waals surface area contributed by atoms with Gasteiger partial charge in [0.2, 0.25) is 0 Å². The van der Waals surface area contributed by atoms with E-state index in [9.17, 15) is 9.18 Å². The molecule has 2 aromatic carbocycles. The summed E-state index contributed by atoms with van der Waals surface area (Å²) >= 11 is 0. The molecule has 1 aliphatic heterocycles. The van der Waals surface area contributed by atoms with Gasteiger partial charge in [0, 0.05) is 37.4 Å². The molecule has 0 N–H and O–H groups in total. The summed E-state index contributed by atoms with van der Waals surface area (Å²) in [5, 5.41) is 0. The first kappa shape index (κ1) is 20.3. The van der Waals surface area contributed by atoms with E-state index in [1.165, 1.54) is 16.5 Å². The van der Waals surface area contributed by atoms with Crippen LogP contribution >= 0.6 is 0 Å². The molecule has 0 bridgehead atoms. The number of carbonyl (C=O) groups is 1. The predicted octanol–water partition coefficient (Wildman–Crippen LogP) is 4.37. The van der Waals surface area contributed by atoms with Crippen LogP contribution in [0.5, 0.6) is 0 Å². The van der Waals surface area contributed by atoms with Gasteiger partial charge in [0.1, 0.15) is 5.82 Å². The highest BCUT2D eigenvalue weighted by molar-refractivity contribution is 6.05. The minimum Gasteiger partial charge on any atom is -0.368 e. The Kier molecular flexibility index (Phi) is 6.04. The lowest BCUT2D eigenvalue weighted by Crippen LogP contribution is -2.31. The van der Waals surface area contributed by atoms with E-state index >= 15 is 0 Å². The van der Waals surface area contributed by atoms with Gasteiger partial charge in [0.05, 0.1) is 5.69 Å². The molecule has 4 nitrogen and oxygen atoms in total. The third-order valence-electron chi connectivity index (χ3n) is 5.68. The van der Waals surface area contributed by atoms with Gasteiger partial charge < -0.3 is 14.7 Å². The van der Waals surface area contributed by atoms with Crippen molar-refractivity contribution < 1.29 is 9.18 Å². The zero-order valence-corrected chi connectivity index (χ0v) is 17.4. The van der Waals surface area contributed by atoms with Crippen LogP contribution in [0.25, 0.3) is 0 Å². The number of amides is 1. The molecule has 1 amide bonds. The SMILES string of the molecule is CC(C)c1ccc(C(=O)N(C)c2ccc(N3CCC(N(C)C)C3)c(F)c2)cc1. The Bertz CT molecular complexity index is 832. The minimum absolute atomic E-state index is 0.142. The minimum atomic E-state index is -0.285. The maximum atomic E-state index is 14.8. The number of hydrogen-bond acceptors (Lipinski definition) is 3. The molecule has 3 rings (SSSR count). The lowest BCUT2D eigenvalue weighted by Gasteiger charge is -2.24. The lowest BCUT2D eigenvalue weighted by molar-refractivity contribution is 0.0993. The first-order chi connectivity index (χ1) is 13.3. The zero-order valence-electron chi connectivity index (χ0n) is 17.4. The van der Waals surface area contributed by atoms with E-state index in [2.05, 4.69) is 37.7 Å². The third kappa shape index (κ3) is 4.20. The Labute approximate surface area is 167 Å². The maximum Gasteiger partial charge on any atom is 0.258 e. The molecule has 0 aliphatic carbocycles. The highest BCUT2D eigenvalue weighted by atomic mass is 19.1. The van der Waals surface area contributed by atoms with Crippen LogP contribution < -0.4 is 9.80 Å². The van der Waals surface area contributed by atoms with Crippen molar-refractivity contribution in [3.8, 4) is 0 Å². The fourth-order valence-electron chi connectivity index (χ4n) is 3.66. The molecule has 2 aromatic rings. The van der Waals surface area contributed by atoms with Gasteiger partial charge in [-0.1, -0.05) is 26.0 Å². The molecule has 1 fully saturated rings. The number of halogens is 1. The summed E-state index contributed by atoms with van der Waals surface area (Å²) in [5.41, 5.74) is 2.96. The van der Waals surface area contributed by atoms with Gasteiger partial charge in [0.15, 0.2) is 0 Å². The molecular weight excluding hydrogens is 353 g/mol. The Morgan fingerprint density at radius 1 is 1.11 bits per heavy atom. The number of benzene rings is 2. The van der Waals surface area contributed by atoms with E-state index in [1.807, 2.05) is 30.3 Å². The van der Waals surface area contributed by atoms with Crippen molar-refractivity contribution in [2.45, 2.75) is 32.2 Å². The van der Waals surface area contributed by atoms with E-state index in [4.69, 9.17) is 0 Å². The van der Waals surface area contributed by atoms with Crippen LogP contribution in [0, 0.1) is 5.82 Å². The largest absolute Gasteiger partial charge is 0.368 e. The molecule has 0 radical (unpaired) electrons. The van der Waals surface area contributed by atoms with Crippen molar-refractivity contribution in [3.05, 3.63) is 59.4 Å². The summed E-state index contributed by atoms with van der Waals surface area (Å²) in [7, 11) is 5.80. The number of nitrogens with zero attached hydrogens (tertiary/aromatic N) is 3. The van der Waals surface area contributed by atoms with Crippen LogP contribution in [0.4, 0.5) is 15.8 Å². The number of anilines is 2. The molecule has 1 aliphatic rings. The molecule has 5 heteroatoms. The molecule has 1 heterocycles. The van der Waals surface area contributed by atoms with E-state index in [1.54, 1.807) is 13.1 Å². The first-order valence-electron chi connectivity index (χ1n) is 9.87. The highest BCUT2D eigenvalue weighted by Gasteiger charge is 2.26. The van der Waals surface area contributed by atoms with Gasteiger partial charge in [-0.25, -0.2) is 4.39 Å². The second-order valence-electron chi connectivity index (χ2n) is 8.13. The van der Waals surface area contributed by atoms with Crippen molar-refractivity contribution in [1.29, 1.82) is 0 Å². The van der Waals surface area contributed by atoms with Crippen molar-refractivity contribution in [3.63, 3.8) is 0 Å². The fourth-order valence-corrected chi connectivity index (χ4v) is 3.66. The van der Waals surface area contributed by atoms with Crippen molar-refractivity contribution in [2.24, 2.45) is 0 Å². The summed E-state index contributed by atoms with van der Waals surface area (Å²) in [6.45, 7) is 5.90. The second-order valence-corrected chi connectivity index (χ2v) is 8.13. The predicted molar refractivity (Wildman–Crippen MR) is 114 cm³/mol. The number of rotatable bonds is 5. The Balaban J connectivity index is 1.74. The van der Waals surface area contributed by atoms with E-state index in [0.717, 1.165) is 19.5 Å². The van der Waals surface area contributed by atoms with E-state index in [0.29, 0.717) is 28.9 Å². The average Bonchev–Trinajstić information content (AvgIpc) is 3.17. The smallest absolute Gasteiger partial charge is 0.258 e. The van der Waals surface area contributed by atoms with Gasteiger partial charge in [-0.3, -0.25) is 4.79 Å².